The minimum absolute atomic E-state index is 0.996. The lowest BCUT2D eigenvalue weighted by atomic mass is 9.51. The molecule has 0 radical (unpaired) electrons. The van der Waals surface area contributed by atoms with E-state index in [4.69, 9.17) is 5.26 Å². The first-order valence-corrected chi connectivity index (χ1v) is 6.91. The molecule has 0 aromatic carbocycles. The molecule has 4 bridgehead atoms. The summed E-state index contributed by atoms with van der Waals surface area (Å²) in [5.41, 5.74) is 0. The number of hydrogen-bond acceptors (Lipinski definition) is 1. The Morgan fingerprint density at radius 1 is 1.00 bits per heavy atom. The average Bonchev–Trinajstić information content (AvgIpc) is 2.26. The molecule has 4 fully saturated rings. The largest absolute Gasteiger partial charge is 0.193 e. The van der Waals surface area contributed by atoms with Crippen molar-refractivity contribution in [2.24, 2.45) is 29.6 Å². The molecule has 0 unspecified atom stereocenters. The minimum atomic E-state index is 0.996. The van der Waals surface area contributed by atoms with Gasteiger partial charge in [-0.25, -0.2) is 0 Å². The molecule has 0 aromatic heterocycles. The zero-order valence-corrected chi connectivity index (χ0v) is 9.94. The molecule has 86 valence electrons. The highest BCUT2D eigenvalue weighted by atomic mass is 14.5. The topological polar surface area (TPSA) is 23.8 Å². The van der Waals surface area contributed by atoms with Crippen LogP contribution >= 0.6 is 0 Å². The second-order valence-corrected chi connectivity index (χ2v) is 6.20. The van der Waals surface area contributed by atoms with Gasteiger partial charge in [-0.3, -0.25) is 0 Å². The maximum Gasteiger partial charge on any atom is 0.0908 e. The van der Waals surface area contributed by atoms with Crippen molar-refractivity contribution in [2.45, 2.75) is 44.9 Å². The third-order valence-electron chi connectivity index (χ3n) is 5.28. The Labute approximate surface area is 98.5 Å². The molecule has 0 N–H and O–H groups in total. The highest BCUT2D eigenvalue weighted by Crippen LogP contribution is 2.57. The highest BCUT2D eigenvalue weighted by Gasteiger charge is 2.47. The zero-order valence-electron chi connectivity index (χ0n) is 9.94. The van der Waals surface area contributed by atoms with Gasteiger partial charge in [-0.1, -0.05) is 6.08 Å². The van der Waals surface area contributed by atoms with Crippen LogP contribution in [0.15, 0.2) is 12.2 Å². The van der Waals surface area contributed by atoms with Gasteiger partial charge in [0, 0.05) is 6.08 Å². The Morgan fingerprint density at radius 3 is 2.19 bits per heavy atom. The summed E-state index contributed by atoms with van der Waals surface area (Å²) in [6.07, 6.45) is 13.8. The number of rotatable bonds is 3. The molecule has 1 heteroatoms. The molecule has 0 aromatic rings. The normalized spacial score (nSPS) is 45.1. The van der Waals surface area contributed by atoms with Crippen LogP contribution in [0.5, 0.6) is 0 Å². The van der Waals surface area contributed by atoms with Gasteiger partial charge in [0.2, 0.25) is 0 Å². The molecule has 16 heavy (non-hydrogen) atoms. The van der Waals surface area contributed by atoms with Crippen LogP contribution in [0.3, 0.4) is 0 Å². The average molecular weight is 215 g/mol. The van der Waals surface area contributed by atoms with Crippen molar-refractivity contribution >= 4 is 0 Å². The van der Waals surface area contributed by atoms with Gasteiger partial charge in [-0.15, -0.1) is 0 Å². The fourth-order valence-corrected chi connectivity index (χ4v) is 4.93. The molecule has 0 saturated heterocycles. The van der Waals surface area contributed by atoms with Crippen LogP contribution in [-0.4, -0.2) is 0 Å². The molecule has 1 nitrogen and oxygen atoms in total. The molecule has 4 rings (SSSR count). The van der Waals surface area contributed by atoms with Crippen LogP contribution in [0.1, 0.15) is 44.9 Å². The third kappa shape index (κ3) is 1.79. The van der Waals surface area contributed by atoms with E-state index in [1.54, 1.807) is 12.5 Å². The lowest BCUT2D eigenvalue weighted by Gasteiger charge is -2.54. The Morgan fingerprint density at radius 2 is 1.62 bits per heavy atom. The van der Waals surface area contributed by atoms with Gasteiger partial charge >= 0.3 is 0 Å². The first-order chi connectivity index (χ1) is 7.86. The van der Waals surface area contributed by atoms with Crippen LogP contribution in [-0.2, 0) is 0 Å². The number of nitriles is 1. The number of hydrogen-bond donors (Lipinski definition) is 0. The van der Waals surface area contributed by atoms with E-state index in [0.29, 0.717) is 0 Å². The van der Waals surface area contributed by atoms with Gasteiger partial charge in [-0.2, -0.15) is 5.26 Å². The second-order valence-electron chi connectivity index (χ2n) is 6.20. The van der Waals surface area contributed by atoms with Crippen LogP contribution in [0.25, 0.3) is 0 Å². The molecular weight excluding hydrogens is 194 g/mol. The first-order valence-electron chi connectivity index (χ1n) is 6.91. The molecule has 4 aliphatic carbocycles. The van der Waals surface area contributed by atoms with E-state index >= 15 is 0 Å². The lowest BCUT2D eigenvalue weighted by Crippen LogP contribution is -2.44. The minimum Gasteiger partial charge on any atom is -0.193 e. The van der Waals surface area contributed by atoms with Crippen molar-refractivity contribution in [2.75, 3.05) is 0 Å². The Kier molecular flexibility index (Phi) is 2.75. The van der Waals surface area contributed by atoms with Gasteiger partial charge < -0.3 is 0 Å². The summed E-state index contributed by atoms with van der Waals surface area (Å²) in [6, 6.07) is 2.09. The van der Waals surface area contributed by atoms with Crippen LogP contribution in [0.4, 0.5) is 0 Å². The summed E-state index contributed by atoms with van der Waals surface area (Å²) in [4.78, 5) is 0. The van der Waals surface area contributed by atoms with E-state index in [9.17, 15) is 0 Å². The summed E-state index contributed by atoms with van der Waals surface area (Å²) in [5.74, 6) is 5.27. The number of allylic oxidation sites excluding steroid dienone is 2. The monoisotopic (exact) mass is 215 g/mol. The highest BCUT2D eigenvalue weighted by molar-refractivity contribution is 5.03. The van der Waals surface area contributed by atoms with Crippen molar-refractivity contribution < 1.29 is 0 Å². The molecule has 4 aliphatic rings. The van der Waals surface area contributed by atoms with Gasteiger partial charge in [-0.05, 0) is 74.5 Å². The summed E-state index contributed by atoms with van der Waals surface area (Å²) >= 11 is 0. The van der Waals surface area contributed by atoms with Crippen molar-refractivity contribution in [3.05, 3.63) is 12.2 Å². The molecule has 4 saturated carbocycles. The number of nitrogens with zero attached hydrogens (tertiary/aromatic N) is 1. The van der Waals surface area contributed by atoms with E-state index < -0.39 is 0 Å². The lowest BCUT2D eigenvalue weighted by molar-refractivity contribution is -0.0391. The molecule has 0 atom stereocenters. The molecule has 0 amide bonds. The SMILES string of the molecule is N#C/C=C/CCC1C2CC3CC(C2)CC1C3. The Balaban J connectivity index is 1.60. The summed E-state index contributed by atoms with van der Waals surface area (Å²) in [5, 5.41) is 8.47. The Bertz CT molecular complexity index is 295. The van der Waals surface area contributed by atoms with Crippen LogP contribution in [0.2, 0.25) is 0 Å². The maximum absolute atomic E-state index is 8.47. The van der Waals surface area contributed by atoms with Crippen LogP contribution < -0.4 is 0 Å². The van der Waals surface area contributed by atoms with Crippen molar-refractivity contribution in [3.8, 4) is 6.07 Å². The van der Waals surface area contributed by atoms with E-state index in [-0.39, 0.29) is 0 Å². The predicted octanol–water partition coefficient (Wildman–Crippen LogP) is 3.92. The third-order valence-corrected chi connectivity index (χ3v) is 5.28. The van der Waals surface area contributed by atoms with Gasteiger partial charge in [0.1, 0.15) is 0 Å². The molecule has 0 aliphatic heterocycles. The van der Waals surface area contributed by atoms with Gasteiger partial charge in [0.25, 0.3) is 0 Å². The van der Waals surface area contributed by atoms with Crippen LogP contribution in [0, 0.1) is 40.9 Å². The quantitative estimate of drug-likeness (QED) is 0.655. The summed E-state index contributed by atoms with van der Waals surface area (Å²) in [6.45, 7) is 0. The standard InChI is InChI=1S/C15H21N/c16-5-3-1-2-4-15-13-7-11-6-12(9-13)10-14(15)8-11/h1,3,11-15H,2,4,6-10H2/b3-1+. The summed E-state index contributed by atoms with van der Waals surface area (Å²) in [7, 11) is 0. The molecule has 0 heterocycles. The van der Waals surface area contributed by atoms with Gasteiger partial charge in [0.15, 0.2) is 0 Å². The molecule has 0 spiro atoms. The zero-order chi connectivity index (χ0) is 11.0. The van der Waals surface area contributed by atoms with E-state index in [1.807, 2.05) is 0 Å². The fraction of sp³-hybridized carbons (Fsp3) is 0.800. The summed E-state index contributed by atoms with van der Waals surface area (Å²) < 4.78 is 0. The second kappa shape index (κ2) is 4.24. The van der Waals surface area contributed by atoms with Crippen molar-refractivity contribution in [1.29, 1.82) is 5.26 Å². The molecular formula is C15H21N. The first kappa shape index (κ1) is 10.4. The van der Waals surface area contributed by atoms with E-state index in [1.165, 1.54) is 32.1 Å². The van der Waals surface area contributed by atoms with E-state index in [0.717, 1.165) is 36.0 Å². The fourth-order valence-electron chi connectivity index (χ4n) is 4.93. The predicted molar refractivity (Wildman–Crippen MR) is 64.5 cm³/mol. The maximum atomic E-state index is 8.47. The van der Waals surface area contributed by atoms with E-state index in [2.05, 4.69) is 12.1 Å². The van der Waals surface area contributed by atoms with Crippen molar-refractivity contribution in [1.82, 2.24) is 0 Å². The smallest absolute Gasteiger partial charge is 0.0908 e. The Hall–Kier alpha value is -0.770. The van der Waals surface area contributed by atoms with Crippen molar-refractivity contribution in [3.63, 3.8) is 0 Å². The van der Waals surface area contributed by atoms with Gasteiger partial charge in [0.05, 0.1) is 6.07 Å².